The van der Waals surface area contributed by atoms with Gasteiger partial charge in [0.25, 0.3) is 0 Å². The van der Waals surface area contributed by atoms with E-state index in [0.29, 0.717) is 125 Å². The van der Waals surface area contributed by atoms with Crippen LogP contribution in [0.3, 0.4) is 0 Å². The molecule has 2 saturated heterocycles. The van der Waals surface area contributed by atoms with Crippen LogP contribution in [0.2, 0.25) is 0 Å². The number of hydrogen-bond acceptors (Lipinski definition) is 21. The summed E-state index contributed by atoms with van der Waals surface area (Å²) in [5.41, 5.74) is 9.74. The van der Waals surface area contributed by atoms with Gasteiger partial charge < -0.3 is 48.7 Å². The molecule has 468 valence electrons. The molecule has 2 aliphatic rings. The number of carboxylic acids is 1. The maximum absolute atomic E-state index is 13.6. The monoisotopic (exact) mass is 1230 g/mol. The number of benzene rings is 4. The van der Waals surface area contributed by atoms with E-state index in [2.05, 4.69) is 40.1 Å². The minimum Gasteiger partial charge on any atom is -0.493 e. The lowest BCUT2D eigenvalue weighted by Crippen LogP contribution is -2.28. The summed E-state index contributed by atoms with van der Waals surface area (Å²) >= 11 is 0. The van der Waals surface area contributed by atoms with Gasteiger partial charge in [-0.2, -0.15) is 10.2 Å². The van der Waals surface area contributed by atoms with Gasteiger partial charge in [-0.15, -0.1) is 0 Å². The van der Waals surface area contributed by atoms with E-state index in [1.807, 2.05) is 68.4 Å². The number of carboxylic acid groups (broad SMARTS) is 1. The predicted molar refractivity (Wildman–Crippen MR) is 338 cm³/mol. The highest BCUT2D eigenvalue weighted by Crippen LogP contribution is 2.38. The summed E-state index contributed by atoms with van der Waals surface area (Å²) in [6, 6.07) is 25.8. The van der Waals surface area contributed by atoms with Crippen LogP contribution in [0.25, 0.3) is 44.1 Å². The second kappa shape index (κ2) is 29.5. The topological polar surface area (TPSA) is 301 Å². The molecule has 0 radical (unpaired) electrons. The highest BCUT2D eigenvalue weighted by atomic mass is 16.5. The Morgan fingerprint density at radius 3 is 1.35 bits per heavy atom. The van der Waals surface area contributed by atoms with Crippen LogP contribution >= 0.6 is 0 Å². The number of carbonyl (C=O) groups excluding carboxylic acids is 1. The molecule has 24 heteroatoms. The number of nitrogens with two attached hydrogens (primary N) is 1. The van der Waals surface area contributed by atoms with E-state index in [9.17, 15) is 24.3 Å². The second-order valence-corrected chi connectivity index (χ2v) is 21.5. The van der Waals surface area contributed by atoms with E-state index < -0.39 is 28.3 Å². The number of nitrogen functional groups attached to an aromatic ring is 1. The van der Waals surface area contributed by atoms with Crippen LogP contribution in [0.1, 0.15) is 63.6 Å². The number of ketones is 1. The minimum atomic E-state index is -1.30. The molecule has 0 aliphatic carbocycles. The first kappa shape index (κ1) is 63.3. The van der Waals surface area contributed by atoms with Gasteiger partial charge in [0.2, 0.25) is 22.5 Å². The van der Waals surface area contributed by atoms with E-state index in [1.165, 1.54) is 24.8 Å². The maximum Gasteiger partial charge on any atom is 0.360 e. The average molecular weight is 1230 g/mol. The minimum absolute atomic E-state index is 0.128. The van der Waals surface area contributed by atoms with Crippen molar-refractivity contribution in [3.63, 3.8) is 0 Å². The van der Waals surface area contributed by atoms with Gasteiger partial charge in [0, 0.05) is 98.3 Å². The summed E-state index contributed by atoms with van der Waals surface area (Å²) in [4.78, 5) is 76.2. The maximum atomic E-state index is 13.6. The Labute approximate surface area is 522 Å². The van der Waals surface area contributed by atoms with Gasteiger partial charge in [-0.3, -0.25) is 33.7 Å². The molecule has 3 N–H and O–H groups in total. The smallest absolute Gasteiger partial charge is 0.360 e. The number of aromatic carboxylic acids is 1. The van der Waals surface area contributed by atoms with Crippen molar-refractivity contribution in [3.8, 4) is 68.2 Å². The van der Waals surface area contributed by atoms with E-state index in [1.54, 1.807) is 92.9 Å². The van der Waals surface area contributed by atoms with Crippen molar-refractivity contribution < 1.29 is 52.6 Å². The van der Waals surface area contributed by atoms with Crippen LogP contribution in [0, 0.1) is 25.7 Å². The van der Waals surface area contributed by atoms with E-state index >= 15 is 0 Å². The number of hydrogen-bond donors (Lipinski definition) is 2. The standard InChI is InChI=1S/C34H33N5O6.C18H20N2O4.C15H14N4O3/c1-21-4-6-23(7-5-21)26-20-39(19-22-9-12-44-13-10-22)38-33(34(26)41)28(40)16-32-36-17-24(18-37-32)45-29-8-11-35-27-15-31(43-3)30(42-2)14-25(27)29;1-12-2-4-14(5-3-12)15-11-20(10-13-6-8-24-9-7-13)19-16(17(15)21)18(22)23;1-20-13-5-10-11(6-14(13)21-2)17-4-3-12(10)22-9-7-18-15(16)19-8-9/h4-8,11,14-15,17-18,20,22H,9-10,12-13,16,19H2,1-3H3;2-5,11,13H,6-10H2,1H3,(H,22,23);3-8H,1-2H3,(H2,16,18,19). The van der Waals surface area contributed by atoms with Crippen molar-refractivity contribution in [1.29, 1.82) is 0 Å². The first-order valence-electron chi connectivity index (χ1n) is 29.2. The number of pyridine rings is 2. The number of fused-ring (bicyclic) bond motifs is 2. The summed E-state index contributed by atoms with van der Waals surface area (Å²) in [6.07, 6.45) is 16.1. The lowest BCUT2D eigenvalue weighted by Gasteiger charge is -2.23. The molecule has 2 fully saturated rings. The molecule has 4 aromatic carbocycles. The van der Waals surface area contributed by atoms with Crippen LogP contribution < -0.4 is 45.0 Å². The summed E-state index contributed by atoms with van der Waals surface area (Å²) in [5.74, 6) is 3.70. The summed E-state index contributed by atoms with van der Waals surface area (Å²) in [7, 11) is 6.28. The zero-order chi connectivity index (χ0) is 64.0. The molecule has 0 amide bonds. The number of methoxy groups -OCH3 is 4. The van der Waals surface area contributed by atoms with Crippen LogP contribution in [0.15, 0.2) is 144 Å². The number of nitrogens with zero attached hydrogens (tertiary/aromatic N) is 10. The quantitative estimate of drug-likeness (QED) is 0.0755. The van der Waals surface area contributed by atoms with Crippen molar-refractivity contribution >= 4 is 39.5 Å². The van der Waals surface area contributed by atoms with Gasteiger partial charge >= 0.3 is 5.97 Å². The zero-order valence-corrected chi connectivity index (χ0v) is 51.0. The highest BCUT2D eigenvalue weighted by Gasteiger charge is 2.24. The highest BCUT2D eigenvalue weighted by molar-refractivity contribution is 5.96. The van der Waals surface area contributed by atoms with Gasteiger partial charge in [0.1, 0.15) is 17.3 Å². The molecule has 0 bridgehead atoms. The van der Waals surface area contributed by atoms with Crippen LogP contribution in [0.5, 0.6) is 46.0 Å². The Balaban J connectivity index is 0.000000166. The number of carbonyl (C=O) groups is 2. The SMILES string of the molecule is COc1cc2nccc(Oc3cnc(CC(=O)c4nn(CC5CCOCC5)cc(-c5ccc(C)cc5)c4=O)nc3)c2cc1OC.COc1cc2nccc(Oc3cnc(N)nc3)c2cc1OC.Cc1ccc(-c2cn(CC3CCOCC3)nc(C(=O)O)c2=O)cc1. The van der Waals surface area contributed by atoms with Crippen molar-refractivity contribution in [2.24, 2.45) is 11.8 Å². The second-order valence-electron chi connectivity index (χ2n) is 21.5. The van der Waals surface area contributed by atoms with Gasteiger partial charge in [-0.1, -0.05) is 59.7 Å². The molecule has 24 nitrogen and oxygen atoms in total. The Kier molecular flexibility index (Phi) is 20.5. The Morgan fingerprint density at radius 2 is 0.934 bits per heavy atom. The molecule has 0 atom stereocenters. The third-order valence-electron chi connectivity index (χ3n) is 15.2. The Bertz CT molecular complexity index is 4310. The van der Waals surface area contributed by atoms with Gasteiger partial charge in [-0.05, 0) is 86.8 Å². The fraction of sp³-hybridized carbons (Fsp3) is 0.284. The number of rotatable bonds is 18. The number of aryl methyl sites for hydroxylation is 2. The van der Waals surface area contributed by atoms with Gasteiger partial charge in [0.15, 0.2) is 46.0 Å². The predicted octanol–water partition coefficient (Wildman–Crippen LogP) is 9.98. The van der Waals surface area contributed by atoms with Gasteiger partial charge in [-0.25, -0.2) is 24.7 Å². The fourth-order valence-corrected chi connectivity index (χ4v) is 10.3. The third kappa shape index (κ3) is 15.8. The van der Waals surface area contributed by atoms with E-state index in [-0.39, 0.29) is 23.9 Å². The van der Waals surface area contributed by atoms with Crippen molar-refractivity contribution in [1.82, 2.24) is 49.5 Å². The molecular weight excluding hydrogens is 1170 g/mol. The number of Topliss-reactive ketones (excluding diaryl/α,β-unsaturated/α-hetero) is 1. The fourth-order valence-electron chi connectivity index (χ4n) is 10.3. The number of anilines is 1. The third-order valence-corrected chi connectivity index (χ3v) is 15.2. The van der Waals surface area contributed by atoms with E-state index in [4.69, 9.17) is 43.6 Å². The van der Waals surface area contributed by atoms with Crippen molar-refractivity contribution in [2.75, 3.05) is 60.6 Å². The van der Waals surface area contributed by atoms with Crippen LogP contribution in [-0.4, -0.2) is 121 Å². The molecule has 0 spiro atoms. The lowest BCUT2D eigenvalue weighted by atomic mass is 10.00. The number of aromatic nitrogens is 10. The zero-order valence-electron chi connectivity index (χ0n) is 51.0. The first-order valence-corrected chi connectivity index (χ1v) is 29.2. The molecule has 0 unspecified atom stereocenters. The molecule has 6 aromatic heterocycles. The molecule has 10 aromatic rings. The normalized spacial score (nSPS) is 13.3. The molecule has 91 heavy (non-hydrogen) atoms. The molecule has 2 aliphatic heterocycles. The summed E-state index contributed by atoms with van der Waals surface area (Å²) < 4.78 is 47.4. The molecule has 8 heterocycles. The Morgan fingerprint density at radius 1 is 0.538 bits per heavy atom. The summed E-state index contributed by atoms with van der Waals surface area (Å²) in [5, 5.41) is 19.4. The number of ether oxygens (including phenoxy) is 8. The van der Waals surface area contributed by atoms with E-state index in [0.717, 1.165) is 53.3 Å². The van der Waals surface area contributed by atoms with Crippen molar-refractivity contribution in [3.05, 3.63) is 183 Å². The van der Waals surface area contributed by atoms with Crippen LogP contribution in [0.4, 0.5) is 5.95 Å². The lowest BCUT2D eigenvalue weighted by molar-refractivity contribution is 0.0592. The van der Waals surface area contributed by atoms with Crippen molar-refractivity contribution in [2.45, 2.75) is 59.0 Å². The largest absolute Gasteiger partial charge is 0.493 e. The average Bonchev–Trinajstić information content (AvgIpc) is 1.12. The molecule has 12 rings (SSSR count). The molecular formula is C67H67N11O13. The first-order chi connectivity index (χ1) is 44.2. The van der Waals surface area contributed by atoms with Crippen LogP contribution in [-0.2, 0) is 29.0 Å². The summed E-state index contributed by atoms with van der Waals surface area (Å²) in [6.45, 7) is 7.93. The van der Waals surface area contributed by atoms with Gasteiger partial charge in [0.05, 0.1) is 70.7 Å². The molecule has 0 saturated carbocycles. The Hall–Kier alpha value is -10.7.